The van der Waals surface area contributed by atoms with Crippen LogP contribution < -0.4 is 11.1 Å². The molecule has 1 saturated heterocycles. The number of amides is 2. The van der Waals surface area contributed by atoms with Crippen molar-refractivity contribution in [2.45, 2.75) is 19.8 Å². The zero-order valence-corrected chi connectivity index (χ0v) is 12.1. The molecule has 1 fully saturated rings. The normalized spacial score (nSPS) is 18.4. The quantitative estimate of drug-likeness (QED) is 0.885. The van der Waals surface area contributed by atoms with Crippen LogP contribution in [0.1, 0.15) is 30.1 Å². The highest BCUT2D eigenvalue weighted by Gasteiger charge is 2.20. The second-order valence-corrected chi connectivity index (χ2v) is 5.50. The molecule has 0 spiro atoms. The van der Waals surface area contributed by atoms with Gasteiger partial charge in [0, 0.05) is 18.8 Å². The molecular formula is C15H20FN3O2. The maximum atomic E-state index is 13.3. The van der Waals surface area contributed by atoms with Gasteiger partial charge in [-0.25, -0.2) is 4.39 Å². The van der Waals surface area contributed by atoms with Gasteiger partial charge < -0.3 is 16.0 Å². The zero-order chi connectivity index (χ0) is 15.4. The van der Waals surface area contributed by atoms with Crippen molar-refractivity contribution in [2.24, 2.45) is 11.7 Å². The Bertz CT molecular complexity index is 548. The lowest BCUT2D eigenvalue weighted by atomic mass is 10.0. The monoisotopic (exact) mass is 293 g/mol. The molecule has 0 unspecified atom stereocenters. The van der Waals surface area contributed by atoms with Crippen molar-refractivity contribution < 1.29 is 14.0 Å². The van der Waals surface area contributed by atoms with Crippen LogP contribution in [0.5, 0.6) is 0 Å². The van der Waals surface area contributed by atoms with Crippen LogP contribution in [0.15, 0.2) is 18.2 Å². The molecular weight excluding hydrogens is 273 g/mol. The Morgan fingerprint density at radius 1 is 1.48 bits per heavy atom. The van der Waals surface area contributed by atoms with Gasteiger partial charge >= 0.3 is 0 Å². The van der Waals surface area contributed by atoms with Crippen molar-refractivity contribution in [3.63, 3.8) is 0 Å². The highest BCUT2D eigenvalue weighted by atomic mass is 19.1. The van der Waals surface area contributed by atoms with E-state index in [1.807, 2.05) is 4.90 Å². The first kappa shape index (κ1) is 15.3. The summed E-state index contributed by atoms with van der Waals surface area (Å²) >= 11 is 0. The van der Waals surface area contributed by atoms with Crippen molar-refractivity contribution >= 4 is 17.5 Å². The smallest absolute Gasteiger partial charge is 0.251 e. The van der Waals surface area contributed by atoms with Crippen LogP contribution in [0.3, 0.4) is 0 Å². The lowest BCUT2D eigenvalue weighted by Gasteiger charge is -2.31. The summed E-state index contributed by atoms with van der Waals surface area (Å²) in [7, 11) is 0. The van der Waals surface area contributed by atoms with E-state index < -0.39 is 11.7 Å². The molecule has 1 aliphatic rings. The minimum absolute atomic E-state index is 0.00602. The van der Waals surface area contributed by atoms with Crippen molar-refractivity contribution in [2.75, 3.05) is 25.0 Å². The molecule has 3 N–H and O–H groups in total. The number of hydrogen-bond donors (Lipinski definition) is 2. The number of primary amides is 1. The van der Waals surface area contributed by atoms with E-state index in [9.17, 15) is 14.0 Å². The second kappa shape index (κ2) is 6.56. The number of anilines is 1. The van der Waals surface area contributed by atoms with E-state index in [2.05, 4.69) is 12.2 Å². The largest absolute Gasteiger partial charge is 0.376 e. The van der Waals surface area contributed by atoms with E-state index in [1.165, 1.54) is 12.1 Å². The van der Waals surface area contributed by atoms with E-state index in [1.54, 1.807) is 0 Å². The number of carbonyl (C=O) groups excluding carboxylic acids is 2. The Kier molecular flexibility index (Phi) is 4.77. The Hall–Kier alpha value is -2.11. The van der Waals surface area contributed by atoms with Gasteiger partial charge in [0.25, 0.3) is 5.91 Å². The third-order valence-corrected chi connectivity index (χ3v) is 3.69. The van der Waals surface area contributed by atoms with Gasteiger partial charge in [-0.2, -0.15) is 0 Å². The number of rotatable bonds is 4. The van der Waals surface area contributed by atoms with Crippen molar-refractivity contribution in [3.05, 3.63) is 29.6 Å². The van der Waals surface area contributed by atoms with Crippen molar-refractivity contribution in [3.8, 4) is 0 Å². The molecule has 1 aromatic rings. The Morgan fingerprint density at radius 2 is 2.24 bits per heavy atom. The summed E-state index contributed by atoms with van der Waals surface area (Å²) in [5.74, 6) is -0.960. The topological polar surface area (TPSA) is 75.4 Å². The Balaban J connectivity index is 1.95. The summed E-state index contributed by atoms with van der Waals surface area (Å²) < 4.78 is 13.3. The van der Waals surface area contributed by atoms with Crippen LogP contribution in [0, 0.1) is 11.7 Å². The van der Waals surface area contributed by atoms with E-state index in [0.29, 0.717) is 11.6 Å². The van der Waals surface area contributed by atoms with Gasteiger partial charge in [-0.3, -0.25) is 9.59 Å². The molecule has 1 aliphatic heterocycles. The van der Waals surface area contributed by atoms with E-state index in [-0.39, 0.29) is 18.0 Å². The van der Waals surface area contributed by atoms with Crippen molar-refractivity contribution in [1.82, 2.24) is 4.90 Å². The molecule has 5 nitrogen and oxygen atoms in total. The lowest BCUT2D eigenvalue weighted by molar-refractivity contribution is -0.130. The number of carbonyl (C=O) groups is 2. The minimum Gasteiger partial charge on any atom is -0.376 e. The van der Waals surface area contributed by atoms with Crippen LogP contribution in [-0.2, 0) is 4.79 Å². The molecule has 0 saturated carbocycles. The SMILES string of the molecule is C[C@@H]1CCCN(C(=O)CNc2ccc(F)c(C(N)=O)c2)C1. The molecule has 0 bridgehead atoms. The predicted octanol–water partition coefficient (Wildman–Crippen LogP) is 1.59. The van der Waals surface area contributed by atoms with Gasteiger partial charge in [0.2, 0.25) is 5.91 Å². The molecule has 114 valence electrons. The van der Waals surface area contributed by atoms with Crippen LogP contribution in [0.2, 0.25) is 0 Å². The molecule has 1 aromatic carbocycles. The maximum absolute atomic E-state index is 13.3. The maximum Gasteiger partial charge on any atom is 0.251 e. The average Bonchev–Trinajstić information content (AvgIpc) is 2.45. The molecule has 0 radical (unpaired) electrons. The van der Waals surface area contributed by atoms with Gasteiger partial charge in [0.1, 0.15) is 5.82 Å². The second-order valence-electron chi connectivity index (χ2n) is 5.50. The summed E-state index contributed by atoms with van der Waals surface area (Å²) in [5, 5.41) is 2.91. The number of likely N-dealkylation sites (tertiary alicyclic amines) is 1. The first-order valence-electron chi connectivity index (χ1n) is 7.08. The number of hydrogen-bond acceptors (Lipinski definition) is 3. The first-order valence-corrected chi connectivity index (χ1v) is 7.08. The number of piperidine rings is 1. The average molecular weight is 293 g/mol. The Labute approximate surface area is 123 Å². The molecule has 6 heteroatoms. The summed E-state index contributed by atoms with van der Waals surface area (Å²) in [4.78, 5) is 25.0. The fraction of sp³-hybridized carbons (Fsp3) is 0.467. The number of benzene rings is 1. The van der Waals surface area contributed by atoms with Crippen LogP contribution in [0.25, 0.3) is 0 Å². The molecule has 21 heavy (non-hydrogen) atoms. The van der Waals surface area contributed by atoms with Gasteiger partial charge in [-0.15, -0.1) is 0 Å². The highest BCUT2D eigenvalue weighted by molar-refractivity contribution is 5.94. The molecule has 2 rings (SSSR count). The molecule has 0 aromatic heterocycles. The molecule has 1 heterocycles. The summed E-state index contributed by atoms with van der Waals surface area (Å²) in [5.41, 5.74) is 5.41. The minimum atomic E-state index is -0.827. The third kappa shape index (κ3) is 3.93. The molecule has 1 atom stereocenters. The first-order chi connectivity index (χ1) is 9.97. The van der Waals surface area contributed by atoms with E-state index >= 15 is 0 Å². The fourth-order valence-electron chi connectivity index (χ4n) is 2.53. The van der Waals surface area contributed by atoms with Gasteiger partial charge in [-0.1, -0.05) is 6.92 Å². The standard InChI is InChI=1S/C15H20FN3O2/c1-10-3-2-6-19(9-10)14(20)8-18-11-4-5-13(16)12(7-11)15(17)21/h4-5,7,10,18H,2-3,6,8-9H2,1H3,(H2,17,21)/t10-/m1/s1. The van der Waals surface area contributed by atoms with Gasteiger partial charge in [0.05, 0.1) is 12.1 Å². The number of nitrogens with one attached hydrogen (secondary N) is 1. The van der Waals surface area contributed by atoms with Gasteiger partial charge in [-0.05, 0) is 37.0 Å². The highest BCUT2D eigenvalue weighted by Crippen LogP contribution is 2.17. The van der Waals surface area contributed by atoms with Crippen LogP contribution >= 0.6 is 0 Å². The van der Waals surface area contributed by atoms with Crippen molar-refractivity contribution in [1.29, 1.82) is 0 Å². The number of nitrogens with zero attached hydrogens (tertiary/aromatic N) is 1. The zero-order valence-electron chi connectivity index (χ0n) is 12.1. The summed E-state index contributed by atoms with van der Waals surface area (Å²) in [6.45, 7) is 3.81. The number of halogens is 1. The van der Waals surface area contributed by atoms with Crippen LogP contribution in [-0.4, -0.2) is 36.3 Å². The molecule has 0 aliphatic carbocycles. The Morgan fingerprint density at radius 3 is 2.90 bits per heavy atom. The van der Waals surface area contributed by atoms with Gasteiger partial charge in [0.15, 0.2) is 0 Å². The summed E-state index contributed by atoms with van der Waals surface area (Å²) in [6.07, 6.45) is 2.17. The number of nitrogens with two attached hydrogens (primary N) is 1. The lowest BCUT2D eigenvalue weighted by Crippen LogP contribution is -2.41. The predicted molar refractivity (Wildman–Crippen MR) is 78.4 cm³/mol. The summed E-state index contributed by atoms with van der Waals surface area (Å²) in [6, 6.07) is 3.97. The van der Waals surface area contributed by atoms with E-state index in [4.69, 9.17) is 5.73 Å². The third-order valence-electron chi connectivity index (χ3n) is 3.69. The fourth-order valence-corrected chi connectivity index (χ4v) is 2.53. The molecule has 2 amide bonds. The van der Waals surface area contributed by atoms with E-state index in [0.717, 1.165) is 32.0 Å². The van der Waals surface area contributed by atoms with Crippen LogP contribution in [0.4, 0.5) is 10.1 Å².